The standard InChI is InChI=1S/C20H28N6O2/c1-20(2)9-15(24-17-8-18(28-3)23-12-22-17)14-11-21-19(25-16(14)10-20)26-6-4-13(27)5-7-26/h8,11-13,15,27H,4-7,9-10H2,1-3H3,(H,22,23,24). The number of hydrogen-bond donors (Lipinski definition) is 2. The predicted octanol–water partition coefficient (Wildman–Crippen LogP) is 2.36. The van der Waals surface area contributed by atoms with Crippen molar-refractivity contribution in [2.45, 2.75) is 51.7 Å². The fourth-order valence-corrected chi connectivity index (χ4v) is 4.09. The van der Waals surface area contributed by atoms with Gasteiger partial charge < -0.3 is 20.1 Å². The Morgan fingerprint density at radius 2 is 2.00 bits per heavy atom. The smallest absolute Gasteiger partial charge is 0.225 e. The first kappa shape index (κ1) is 18.9. The number of methoxy groups -OCH3 is 1. The van der Waals surface area contributed by atoms with E-state index >= 15 is 0 Å². The average molecular weight is 384 g/mol. The van der Waals surface area contributed by atoms with Crippen LogP contribution in [-0.4, -0.2) is 51.3 Å². The van der Waals surface area contributed by atoms with Crippen molar-refractivity contribution in [1.29, 1.82) is 0 Å². The normalized spacial score (nSPS) is 21.9. The summed E-state index contributed by atoms with van der Waals surface area (Å²) < 4.78 is 5.21. The van der Waals surface area contributed by atoms with Crippen LogP contribution in [-0.2, 0) is 6.42 Å². The molecule has 1 fully saturated rings. The highest BCUT2D eigenvalue weighted by Gasteiger charge is 2.34. The summed E-state index contributed by atoms with van der Waals surface area (Å²) in [5.74, 6) is 2.03. The van der Waals surface area contributed by atoms with Crippen molar-refractivity contribution in [3.63, 3.8) is 0 Å². The second-order valence-corrected chi connectivity index (χ2v) is 8.48. The van der Waals surface area contributed by atoms with Crippen LogP contribution in [0.1, 0.15) is 50.4 Å². The van der Waals surface area contributed by atoms with Crippen LogP contribution in [0, 0.1) is 5.41 Å². The molecule has 150 valence electrons. The Morgan fingerprint density at radius 3 is 2.75 bits per heavy atom. The van der Waals surface area contributed by atoms with Gasteiger partial charge in [0.15, 0.2) is 0 Å². The van der Waals surface area contributed by atoms with Gasteiger partial charge in [0.05, 0.1) is 24.9 Å². The summed E-state index contributed by atoms with van der Waals surface area (Å²) in [5.41, 5.74) is 2.33. The lowest BCUT2D eigenvalue weighted by atomic mass is 9.74. The van der Waals surface area contributed by atoms with Gasteiger partial charge >= 0.3 is 0 Å². The summed E-state index contributed by atoms with van der Waals surface area (Å²) in [7, 11) is 1.60. The molecular weight excluding hydrogens is 356 g/mol. The fourth-order valence-electron chi connectivity index (χ4n) is 4.09. The van der Waals surface area contributed by atoms with E-state index in [1.54, 1.807) is 13.2 Å². The molecule has 2 N–H and O–H groups in total. The minimum atomic E-state index is -0.203. The number of rotatable bonds is 4. The molecule has 3 heterocycles. The molecular formula is C20H28N6O2. The molecule has 2 aromatic rings. The zero-order valence-electron chi connectivity index (χ0n) is 16.7. The van der Waals surface area contributed by atoms with E-state index in [-0.39, 0.29) is 17.6 Å². The number of aliphatic hydroxyl groups excluding tert-OH is 1. The number of piperidine rings is 1. The lowest BCUT2D eigenvalue weighted by molar-refractivity contribution is 0.145. The number of aliphatic hydroxyl groups is 1. The zero-order chi connectivity index (χ0) is 19.7. The molecule has 1 saturated heterocycles. The SMILES string of the molecule is COc1cc(NC2CC(C)(C)Cc3nc(N4CCC(O)CC4)ncc32)ncn1. The fraction of sp³-hybridized carbons (Fsp3) is 0.600. The molecule has 1 aliphatic heterocycles. The Morgan fingerprint density at radius 1 is 1.21 bits per heavy atom. The molecule has 2 aliphatic rings. The van der Waals surface area contributed by atoms with Crippen LogP contribution in [0.15, 0.2) is 18.6 Å². The third-order valence-electron chi connectivity index (χ3n) is 5.59. The van der Waals surface area contributed by atoms with Crippen molar-refractivity contribution in [2.24, 2.45) is 5.41 Å². The Balaban J connectivity index is 1.60. The summed E-state index contributed by atoms with van der Waals surface area (Å²) in [6.45, 7) is 6.13. The Bertz CT molecular complexity index is 835. The van der Waals surface area contributed by atoms with Crippen LogP contribution in [0.4, 0.5) is 11.8 Å². The van der Waals surface area contributed by atoms with Crippen LogP contribution < -0.4 is 15.0 Å². The second kappa shape index (κ2) is 7.50. The number of hydrogen-bond acceptors (Lipinski definition) is 8. The zero-order valence-corrected chi connectivity index (χ0v) is 16.7. The molecule has 1 atom stereocenters. The van der Waals surface area contributed by atoms with Gasteiger partial charge in [0.1, 0.15) is 12.1 Å². The maximum absolute atomic E-state index is 9.75. The van der Waals surface area contributed by atoms with E-state index < -0.39 is 0 Å². The molecule has 4 rings (SSSR count). The molecule has 0 amide bonds. The summed E-state index contributed by atoms with van der Waals surface area (Å²) >= 11 is 0. The molecule has 1 aliphatic carbocycles. The number of ether oxygens (including phenoxy) is 1. The minimum Gasteiger partial charge on any atom is -0.481 e. The van der Waals surface area contributed by atoms with Gasteiger partial charge in [-0.3, -0.25) is 0 Å². The molecule has 0 radical (unpaired) electrons. The van der Waals surface area contributed by atoms with E-state index in [0.29, 0.717) is 5.88 Å². The molecule has 8 nitrogen and oxygen atoms in total. The third-order valence-corrected chi connectivity index (χ3v) is 5.59. The highest BCUT2D eigenvalue weighted by atomic mass is 16.5. The van der Waals surface area contributed by atoms with Crippen LogP contribution in [0.2, 0.25) is 0 Å². The highest BCUT2D eigenvalue weighted by molar-refractivity contribution is 5.44. The van der Waals surface area contributed by atoms with Crippen molar-refractivity contribution in [1.82, 2.24) is 19.9 Å². The molecule has 0 bridgehead atoms. The van der Waals surface area contributed by atoms with Gasteiger partial charge in [-0.15, -0.1) is 0 Å². The maximum atomic E-state index is 9.75. The van der Waals surface area contributed by atoms with E-state index in [1.165, 1.54) is 6.33 Å². The predicted molar refractivity (Wildman–Crippen MR) is 107 cm³/mol. The summed E-state index contributed by atoms with van der Waals surface area (Å²) in [5, 5.41) is 13.3. The largest absolute Gasteiger partial charge is 0.481 e. The van der Waals surface area contributed by atoms with Gasteiger partial charge in [-0.05, 0) is 31.1 Å². The maximum Gasteiger partial charge on any atom is 0.225 e. The van der Waals surface area contributed by atoms with E-state index in [0.717, 1.165) is 61.8 Å². The number of aromatic nitrogens is 4. The van der Waals surface area contributed by atoms with E-state index in [2.05, 4.69) is 39.0 Å². The minimum absolute atomic E-state index is 0.0792. The van der Waals surface area contributed by atoms with Crippen molar-refractivity contribution < 1.29 is 9.84 Å². The van der Waals surface area contributed by atoms with Gasteiger partial charge in [-0.1, -0.05) is 13.8 Å². The van der Waals surface area contributed by atoms with Crippen molar-refractivity contribution in [3.8, 4) is 5.88 Å². The van der Waals surface area contributed by atoms with Crippen LogP contribution in [0.3, 0.4) is 0 Å². The van der Waals surface area contributed by atoms with Gasteiger partial charge in [-0.2, -0.15) is 0 Å². The molecule has 8 heteroatoms. The first-order valence-electron chi connectivity index (χ1n) is 9.85. The summed E-state index contributed by atoms with van der Waals surface area (Å²) in [6, 6.07) is 1.88. The molecule has 28 heavy (non-hydrogen) atoms. The number of anilines is 2. The van der Waals surface area contributed by atoms with Gasteiger partial charge in [-0.25, -0.2) is 19.9 Å². The van der Waals surface area contributed by atoms with Crippen LogP contribution >= 0.6 is 0 Å². The first-order chi connectivity index (χ1) is 13.4. The Hall–Kier alpha value is -2.48. The third kappa shape index (κ3) is 4.01. The Labute approximate surface area is 165 Å². The quantitative estimate of drug-likeness (QED) is 0.829. The van der Waals surface area contributed by atoms with Gasteiger partial charge in [0, 0.05) is 30.9 Å². The molecule has 0 spiro atoms. The lowest BCUT2D eigenvalue weighted by Gasteiger charge is -2.37. The number of fused-ring (bicyclic) bond motifs is 1. The van der Waals surface area contributed by atoms with Gasteiger partial charge in [0.2, 0.25) is 11.8 Å². The van der Waals surface area contributed by atoms with Crippen molar-refractivity contribution in [3.05, 3.63) is 29.8 Å². The first-order valence-corrected chi connectivity index (χ1v) is 9.85. The van der Waals surface area contributed by atoms with E-state index in [4.69, 9.17) is 9.72 Å². The molecule has 1 unspecified atom stereocenters. The highest BCUT2D eigenvalue weighted by Crippen LogP contribution is 2.41. The molecule has 0 saturated carbocycles. The van der Waals surface area contributed by atoms with Crippen LogP contribution in [0.25, 0.3) is 0 Å². The number of nitrogens with one attached hydrogen (secondary N) is 1. The Kier molecular flexibility index (Phi) is 5.05. The number of nitrogens with zero attached hydrogens (tertiary/aromatic N) is 5. The van der Waals surface area contributed by atoms with Gasteiger partial charge in [0.25, 0.3) is 0 Å². The van der Waals surface area contributed by atoms with Crippen LogP contribution in [0.5, 0.6) is 5.88 Å². The lowest BCUT2D eigenvalue weighted by Crippen LogP contribution is -2.38. The average Bonchev–Trinajstić information content (AvgIpc) is 2.67. The van der Waals surface area contributed by atoms with Crippen molar-refractivity contribution in [2.75, 3.05) is 30.4 Å². The second-order valence-electron chi connectivity index (χ2n) is 8.48. The molecule has 0 aromatic carbocycles. The summed E-state index contributed by atoms with van der Waals surface area (Å²) in [6.07, 6.45) is 6.67. The monoisotopic (exact) mass is 384 g/mol. The summed E-state index contributed by atoms with van der Waals surface area (Å²) in [4.78, 5) is 20.1. The van der Waals surface area contributed by atoms with E-state index in [1.807, 2.05) is 6.20 Å². The van der Waals surface area contributed by atoms with E-state index in [9.17, 15) is 5.11 Å². The van der Waals surface area contributed by atoms with Crippen molar-refractivity contribution >= 4 is 11.8 Å². The molecule has 2 aromatic heterocycles. The topological polar surface area (TPSA) is 96.3 Å².